The Bertz CT molecular complexity index is 200. The molecule has 0 radical (unpaired) electrons. The maximum Gasteiger partial charge on any atom is 0.335 e. The van der Waals surface area contributed by atoms with Gasteiger partial charge in [0.2, 0.25) is 0 Å². The van der Waals surface area contributed by atoms with Gasteiger partial charge in [-0.3, -0.25) is 0 Å². The highest BCUT2D eigenvalue weighted by Crippen LogP contribution is 1.98. The van der Waals surface area contributed by atoms with E-state index >= 15 is 0 Å². The van der Waals surface area contributed by atoms with Gasteiger partial charge in [0, 0.05) is 0 Å². The van der Waals surface area contributed by atoms with Crippen molar-refractivity contribution in [3.63, 3.8) is 0 Å². The molecule has 0 aromatic rings. The minimum absolute atomic E-state index is 0.253. The molecule has 0 heterocycles. The summed E-state index contributed by atoms with van der Waals surface area (Å²) < 4.78 is 0. The van der Waals surface area contributed by atoms with Crippen LogP contribution in [0.1, 0.15) is 13.3 Å². The minimum Gasteiger partial charge on any atom is -0.478 e. The molecule has 2 nitrogen and oxygen atoms in total. The Morgan fingerprint density at radius 2 is 2.27 bits per heavy atom. The molecule has 1 N–H and O–H groups in total. The van der Waals surface area contributed by atoms with Crippen molar-refractivity contribution < 1.29 is 9.90 Å². The van der Waals surface area contributed by atoms with Crippen LogP contribution in [0.25, 0.3) is 0 Å². The molecule has 0 unspecified atom stereocenters. The standard InChI is InChI=1S/C9H12O2/c1-3-5-6-7-8(4-2)9(10)11/h3-5,7H,2,6H2,1H3,(H,10,11)/b5-3-,8-7+. The fourth-order valence-corrected chi connectivity index (χ4v) is 0.589. The third-order valence-corrected chi connectivity index (χ3v) is 1.18. The highest BCUT2D eigenvalue weighted by Gasteiger charge is 1.98. The third-order valence-electron chi connectivity index (χ3n) is 1.18. The number of aliphatic carboxylic acids is 1. The van der Waals surface area contributed by atoms with Crippen molar-refractivity contribution in [2.75, 3.05) is 0 Å². The van der Waals surface area contributed by atoms with E-state index in [4.69, 9.17) is 5.11 Å². The van der Waals surface area contributed by atoms with E-state index in [0.717, 1.165) is 0 Å². The first kappa shape index (κ1) is 9.69. The number of hydrogen-bond acceptors (Lipinski definition) is 1. The summed E-state index contributed by atoms with van der Waals surface area (Å²) >= 11 is 0. The summed E-state index contributed by atoms with van der Waals surface area (Å²) in [4.78, 5) is 10.4. The van der Waals surface area contributed by atoms with Crippen LogP contribution in [-0.4, -0.2) is 11.1 Å². The first-order valence-corrected chi connectivity index (χ1v) is 3.39. The van der Waals surface area contributed by atoms with Crippen molar-refractivity contribution in [2.45, 2.75) is 13.3 Å². The topological polar surface area (TPSA) is 37.3 Å². The van der Waals surface area contributed by atoms with Crippen molar-refractivity contribution in [3.05, 3.63) is 36.5 Å². The van der Waals surface area contributed by atoms with E-state index in [1.54, 1.807) is 6.08 Å². The van der Waals surface area contributed by atoms with E-state index in [-0.39, 0.29) is 5.57 Å². The van der Waals surface area contributed by atoms with Crippen molar-refractivity contribution in [1.82, 2.24) is 0 Å². The molecule has 0 aromatic heterocycles. The second-order valence-corrected chi connectivity index (χ2v) is 1.97. The highest BCUT2D eigenvalue weighted by atomic mass is 16.4. The van der Waals surface area contributed by atoms with E-state index in [1.807, 2.05) is 19.1 Å². The maximum absolute atomic E-state index is 10.4. The van der Waals surface area contributed by atoms with Crippen LogP contribution in [0.15, 0.2) is 36.5 Å². The van der Waals surface area contributed by atoms with E-state index in [0.29, 0.717) is 6.42 Å². The van der Waals surface area contributed by atoms with Gasteiger partial charge in [0.25, 0.3) is 0 Å². The number of carboxylic acids is 1. The molecule has 11 heavy (non-hydrogen) atoms. The molecule has 0 rings (SSSR count). The third kappa shape index (κ3) is 4.14. The largest absolute Gasteiger partial charge is 0.478 e. The van der Waals surface area contributed by atoms with Gasteiger partial charge in [0.15, 0.2) is 0 Å². The summed E-state index contributed by atoms with van der Waals surface area (Å²) in [5.74, 6) is -0.926. The van der Waals surface area contributed by atoms with Crippen molar-refractivity contribution in [2.24, 2.45) is 0 Å². The van der Waals surface area contributed by atoms with Crippen LogP contribution in [-0.2, 0) is 4.79 Å². The lowest BCUT2D eigenvalue weighted by Gasteiger charge is -1.90. The maximum atomic E-state index is 10.4. The molecule has 0 spiro atoms. The fourth-order valence-electron chi connectivity index (χ4n) is 0.589. The zero-order valence-electron chi connectivity index (χ0n) is 6.58. The number of carboxylic acid groups (broad SMARTS) is 1. The highest BCUT2D eigenvalue weighted by molar-refractivity contribution is 5.89. The molecule has 0 amide bonds. The Hall–Kier alpha value is -1.31. The monoisotopic (exact) mass is 152 g/mol. The molecular weight excluding hydrogens is 140 g/mol. The van der Waals surface area contributed by atoms with E-state index in [2.05, 4.69) is 6.58 Å². The molecule has 0 aromatic carbocycles. The van der Waals surface area contributed by atoms with Gasteiger partial charge in [0.05, 0.1) is 5.57 Å². The summed E-state index contributed by atoms with van der Waals surface area (Å²) in [5.41, 5.74) is 0.253. The lowest BCUT2D eigenvalue weighted by Crippen LogP contribution is -1.96. The molecule has 0 atom stereocenters. The molecule has 0 bridgehead atoms. The van der Waals surface area contributed by atoms with Crippen LogP contribution in [0.4, 0.5) is 0 Å². The molecular formula is C9H12O2. The van der Waals surface area contributed by atoms with Crippen molar-refractivity contribution >= 4 is 5.97 Å². The first-order valence-electron chi connectivity index (χ1n) is 3.39. The average molecular weight is 152 g/mol. The Morgan fingerprint density at radius 1 is 1.64 bits per heavy atom. The van der Waals surface area contributed by atoms with Gasteiger partial charge < -0.3 is 5.11 Å². The van der Waals surface area contributed by atoms with Crippen LogP contribution in [0.5, 0.6) is 0 Å². The average Bonchev–Trinajstić information content (AvgIpc) is 1.97. The van der Waals surface area contributed by atoms with Crippen LogP contribution >= 0.6 is 0 Å². The van der Waals surface area contributed by atoms with Gasteiger partial charge in [0.1, 0.15) is 0 Å². The normalized spacial score (nSPS) is 11.9. The Morgan fingerprint density at radius 3 is 2.64 bits per heavy atom. The first-order chi connectivity index (χ1) is 5.22. The number of carbonyl (C=O) groups is 1. The summed E-state index contributed by atoms with van der Waals surface area (Å²) in [6, 6.07) is 0. The lowest BCUT2D eigenvalue weighted by atomic mass is 10.2. The predicted molar refractivity (Wildman–Crippen MR) is 45.3 cm³/mol. The Kier molecular flexibility index (Phi) is 4.82. The van der Waals surface area contributed by atoms with Gasteiger partial charge in [-0.05, 0) is 13.3 Å². The molecule has 0 aliphatic heterocycles. The molecule has 0 fully saturated rings. The zero-order chi connectivity index (χ0) is 8.69. The molecule has 0 saturated heterocycles. The summed E-state index contributed by atoms with van der Waals surface area (Å²) in [6.45, 7) is 5.28. The molecule has 60 valence electrons. The van der Waals surface area contributed by atoms with Crippen molar-refractivity contribution in [1.29, 1.82) is 0 Å². The minimum atomic E-state index is -0.926. The van der Waals surface area contributed by atoms with Gasteiger partial charge >= 0.3 is 5.97 Å². The van der Waals surface area contributed by atoms with Crippen LogP contribution < -0.4 is 0 Å². The van der Waals surface area contributed by atoms with Crippen LogP contribution in [0.2, 0.25) is 0 Å². The molecule has 0 aliphatic carbocycles. The second kappa shape index (κ2) is 5.47. The quantitative estimate of drug-likeness (QED) is 0.380. The Labute approximate surface area is 66.5 Å². The lowest BCUT2D eigenvalue weighted by molar-refractivity contribution is -0.132. The smallest absolute Gasteiger partial charge is 0.335 e. The van der Waals surface area contributed by atoms with E-state index in [1.165, 1.54) is 6.08 Å². The van der Waals surface area contributed by atoms with Crippen LogP contribution in [0, 0.1) is 0 Å². The Balaban J connectivity index is 4.12. The number of rotatable bonds is 4. The van der Waals surface area contributed by atoms with Gasteiger partial charge in [-0.1, -0.05) is 30.9 Å². The van der Waals surface area contributed by atoms with Crippen molar-refractivity contribution in [3.8, 4) is 0 Å². The van der Waals surface area contributed by atoms with E-state index < -0.39 is 5.97 Å². The predicted octanol–water partition coefficient (Wildman–Crippen LogP) is 2.15. The molecule has 0 aliphatic rings. The van der Waals surface area contributed by atoms with Gasteiger partial charge in [-0.25, -0.2) is 4.79 Å². The number of hydrogen-bond donors (Lipinski definition) is 1. The van der Waals surface area contributed by atoms with E-state index in [9.17, 15) is 4.79 Å². The fraction of sp³-hybridized carbons (Fsp3) is 0.222. The SMILES string of the molecule is C=C/C(=C\C/C=C\C)C(=O)O. The molecule has 0 saturated carbocycles. The second-order valence-electron chi connectivity index (χ2n) is 1.97. The summed E-state index contributed by atoms with van der Waals surface area (Å²) in [6.07, 6.45) is 7.36. The zero-order valence-corrected chi connectivity index (χ0v) is 6.58. The molecule has 2 heteroatoms. The number of allylic oxidation sites excluding steroid dienone is 3. The van der Waals surface area contributed by atoms with Crippen LogP contribution in [0.3, 0.4) is 0 Å². The summed E-state index contributed by atoms with van der Waals surface area (Å²) in [5, 5.41) is 8.51. The summed E-state index contributed by atoms with van der Waals surface area (Å²) in [7, 11) is 0. The van der Waals surface area contributed by atoms with Gasteiger partial charge in [-0.2, -0.15) is 0 Å². The van der Waals surface area contributed by atoms with Gasteiger partial charge in [-0.15, -0.1) is 0 Å².